The Hall–Kier alpha value is -1.40. The zero-order chi connectivity index (χ0) is 12.9. The smallest absolute Gasteiger partial charge is 0.358 e. The molecular weight excluding hydrogens is 224 g/mol. The van der Waals surface area contributed by atoms with Gasteiger partial charge in [0.05, 0.1) is 12.1 Å². The van der Waals surface area contributed by atoms with Gasteiger partial charge in [0.2, 0.25) is 0 Å². The molecule has 0 aliphatic heterocycles. The molecule has 0 radical (unpaired) electrons. The Morgan fingerprint density at radius 2 is 2.18 bits per heavy atom. The monoisotopic (exact) mass is 242 g/mol. The molecule has 0 spiro atoms. The fourth-order valence-corrected chi connectivity index (χ4v) is 1.42. The van der Waals surface area contributed by atoms with E-state index in [4.69, 9.17) is 9.63 Å². The number of aromatic nitrogens is 1. The van der Waals surface area contributed by atoms with E-state index in [9.17, 15) is 9.90 Å². The maximum absolute atomic E-state index is 10.6. The van der Waals surface area contributed by atoms with Crippen molar-refractivity contribution in [1.29, 1.82) is 0 Å². The molecule has 96 valence electrons. The largest absolute Gasteiger partial charge is 0.476 e. The average Bonchev–Trinajstić information content (AvgIpc) is 2.78. The summed E-state index contributed by atoms with van der Waals surface area (Å²) in [5.74, 6) is -0.671. The minimum atomic E-state index is -1.11. The normalized spacial score (nSPS) is 11.7. The standard InChI is InChI=1S/C11H18N2O4/c1-3-11(16,4-2)7-12-6-8-5-9(10(14)15)13-17-8/h5,12,16H,3-4,6-7H2,1-2H3,(H,14,15). The second kappa shape index (κ2) is 5.79. The molecule has 0 fully saturated rings. The first-order valence-corrected chi connectivity index (χ1v) is 5.62. The van der Waals surface area contributed by atoms with Crippen LogP contribution in [0.25, 0.3) is 0 Å². The van der Waals surface area contributed by atoms with Gasteiger partial charge in [0, 0.05) is 12.6 Å². The lowest BCUT2D eigenvalue weighted by atomic mass is 9.98. The van der Waals surface area contributed by atoms with Gasteiger partial charge in [-0.05, 0) is 12.8 Å². The SMILES string of the molecule is CCC(O)(CC)CNCc1cc(C(=O)O)no1. The van der Waals surface area contributed by atoms with Crippen molar-refractivity contribution in [2.45, 2.75) is 38.8 Å². The first-order valence-electron chi connectivity index (χ1n) is 5.62. The quantitative estimate of drug-likeness (QED) is 0.660. The van der Waals surface area contributed by atoms with Crippen LogP contribution >= 0.6 is 0 Å². The molecule has 0 saturated carbocycles. The fraction of sp³-hybridized carbons (Fsp3) is 0.636. The maximum atomic E-state index is 10.6. The molecule has 3 N–H and O–H groups in total. The van der Waals surface area contributed by atoms with E-state index in [0.29, 0.717) is 31.7 Å². The molecule has 1 heterocycles. The summed E-state index contributed by atoms with van der Waals surface area (Å²) in [4.78, 5) is 10.6. The van der Waals surface area contributed by atoms with E-state index in [1.54, 1.807) is 0 Å². The zero-order valence-corrected chi connectivity index (χ0v) is 10.1. The predicted molar refractivity (Wildman–Crippen MR) is 60.7 cm³/mol. The highest BCUT2D eigenvalue weighted by atomic mass is 16.5. The molecule has 0 aromatic carbocycles. The first kappa shape index (κ1) is 13.7. The van der Waals surface area contributed by atoms with Crippen LogP contribution in [0.4, 0.5) is 0 Å². The van der Waals surface area contributed by atoms with Crippen molar-refractivity contribution in [3.63, 3.8) is 0 Å². The summed E-state index contributed by atoms with van der Waals surface area (Å²) in [7, 11) is 0. The number of aliphatic hydroxyl groups is 1. The van der Waals surface area contributed by atoms with E-state index in [-0.39, 0.29) is 5.69 Å². The third kappa shape index (κ3) is 3.83. The summed E-state index contributed by atoms with van der Waals surface area (Å²) in [5.41, 5.74) is -0.835. The summed E-state index contributed by atoms with van der Waals surface area (Å²) >= 11 is 0. The number of carboxylic acid groups (broad SMARTS) is 1. The summed E-state index contributed by atoms with van der Waals surface area (Å²) in [6.45, 7) is 4.62. The van der Waals surface area contributed by atoms with E-state index in [2.05, 4.69) is 10.5 Å². The van der Waals surface area contributed by atoms with Gasteiger partial charge in [-0.25, -0.2) is 4.79 Å². The Balaban J connectivity index is 2.43. The lowest BCUT2D eigenvalue weighted by Gasteiger charge is -2.25. The Labute approximate surface area is 99.6 Å². The summed E-state index contributed by atoms with van der Waals surface area (Å²) in [6.07, 6.45) is 1.32. The molecule has 0 amide bonds. The van der Waals surface area contributed by atoms with Crippen LogP contribution in [-0.4, -0.2) is 33.5 Å². The highest BCUT2D eigenvalue weighted by Gasteiger charge is 2.21. The highest BCUT2D eigenvalue weighted by molar-refractivity contribution is 5.85. The molecule has 6 heteroatoms. The molecule has 1 rings (SSSR count). The van der Waals surface area contributed by atoms with E-state index >= 15 is 0 Å². The predicted octanol–water partition coefficient (Wildman–Crippen LogP) is 1.01. The minimum Gasteiger partial charge on any atom is -0.476 e. The molecule has 0 aliphatic carbocycles. The number of nitrogens with one attached hydrogen (secondary N) is 1. The van der Waals surface area contributed by atoms with Gasteiger partial charge in [-0.15, -0.1) is 0 Å². The topological polar surface area (TPSA) is 95.6 Å². The van der Waals surface area contributed by atoms with Crippen LogP contribution in [-0.2, 0) is 6.54 Å². The van der Waals surface area contributed by atoms with Crippen molar-refractivity contribution >= 4 is 5.97 Å². The van der Waals surface area contributed by atoms with Gasteiger partial charge in [-0.1, -0.05) is 19.0 Å². The zero-order valence-electron chi connectivity index (χ0n) is 10.1. The van der Waals surface area contributed by atoms with Crippen LogP contribution in [0.1, 0.15) is 42.9 Å². The maximum Gasteiger partial charge on any atom is 0.358 e. The lowest BCUT2D eigenvalue weighted by Crippen LogP contribution is -2.39. The van der Waals surface area contributed by atoms with Crippen molar-refractivity contribution in [2.24, 2.45) is 0 Å². The second-order valence-corrected chi connectivity index (χ2v) is 4.02. The van der Waals surface area contributed by atoms with Crippen molar-refractivity contribution in [2.75, 3.05) is 6.54 Å². The molecule has 6 nitrogen and oxygen atoms in total. The fourth-order valence-electron chi connectivity index (χ4n) is 1.42. The number of carbonyl (C=O) groups is 1. The van der Waals surface area contributed by atoms with Gasteiger partial charge in [0.1, 0.15) is 0 Å². The van der Waals surface area contributed by atoms with Crippen molar-refractivity contribution < 1.29 is 19.5 Å². The third-order valence-electron chi connectivity index (χ3n) is 2.85. The molecule has 0 atom stereocenters. The molecule has 0 bridgehead atoms. The summed E-state index contributed by atoms with van der Waals surface area (Å²) in [5, 5.41) is 25.1. The van der Waals surface area contributed by atoms with Crippen LogP contribution < -0.4 is 5.32 Å². The summed E-state index contributed by atoms with van der Waals surface area (Å²) < 4.78 is 4.83. The Morgan fingerprint density at radius 1 is 1.53 bits per heavy atom. The molecule has 17 heavy (non-hydrogen) atoms. The minimum absolute atomic E-state index is 0.108. The molecule has 0 saturated heterocycles. The first-order chi connectivity index (χ1) is 8.00. The molecule has 0 unspecified atom stereocenters. The van der Waals surface area contributed by atoms with Crippen molar-refractivity contribution in [1.82, 2.24) is 10.5 Å². The number of hydrogen-bond acceptors (Lipinski definition) is 5. The third-order valence-corrected chi connectivity index (χ3v) is 2.85. The van der Waals surface area contributed by atoms with Gasteiger partial charge >= 0.3 is 5.97 Å². The van der Waals surface area contributed by atoms with Gasteiger partial charge in [0.15, 0.2) is 11.5 Å². The van der Waals surface area contributed by atoms with E-state index in [1.165, 1.54) is 6.07 Å². The average molecular weight is 242 g/mol. The number of hydrogen-bond donors (Lipinski definition) is 3. The number of rotatable bonds is 7. The Kier molecular flexibility index (Phi) is 4.65. The molecular formula is C11H18N2O4. The summed E-state index contributed by atoms with van der Waals surface area (Å²) in [6, 6.07) is 1.37. The van der Waals surface area contributed by atoms with Crippen LogP contribution in [0.2, 0.25) is 0 Å². The van der Waals surface area contributed by atoms with Crippen molar-refractivity contribution in [3.05, 3.63) is 17.5 Å². The second-order valence-electron chi connectivity index (χ2n) is 4.02. The molecule has 0 aliphatic rings. The van der Waals surface area contributed by atoms with E-state index < -0.39 is 11.6 Å². The number of nitrogens with zero attached hydrogens (tertiary/aromatic N) is 1. The van der Waals surface area contributed by atoms with Crippen LogP contribution in [0.15, 0.2) is 10.6 Å². The van der Waals surface area contributed by atoms with Gasteiger partial charge in [-0.3, -0.25) is 0 Å². The van der Waals surface area contributed by atoms with Crippen molar-refractivity contribution in [3.8, 4) is 0 Å². The van der Waals surface area contributed by atoms with Gasteiger partial charge < -0.3 is 20.1 Å². The van der Waals surface area contributed by atoms with Crippen LogP contribution in [0, 0.1) is 0 Å². The van der Waals surface area contributed by atoms with Gasteiger partial charge in [-0.2, -0.15) is 0 Å². The van der Waals surface area contributed by atoms with Crippen LogP contribution in [0.3, 0.4) is 0 Å². The molecule has 1 aromatic heterocycles. The number of aromatic carboxylic acids is 1. The van der Waals surface area contributed by atoms with Crippen LogP contribution in [0.5, 0.6) is 0 Å². The van der Waals surface area contributed by atoms with Gasteiger partial charge in [0.25, 0.3) is 0 Å². The lowest BCUT2D eigenvalue weighted by molar-refractivity contribution is 0.0318. The highest BCUT2D eigenvalue weighted by Crippen LogP contribution is 2.13. The van der Waals surface area contributed by atoms with E-state index in [0.717, 1.165) is 0 Å². The molecule has 1 aromatic rings. The Morgan fingerprint density at radius 3 is 2.65 bits per heavy atom. The van der Waals surface area contributed by atoms with E-state index in [1.807, 2.05) is 13.8 Å². The Bertz CT molecular complexity index is 371. The number of carboxylic acids is 1.